The number of halogens is 1. The lowest BCUT2D eigenvalue weighted by Gasteiger charge is -2.27. The van der Waals surface area contributed by atoms with Crippen LogP contribution in [-0.2, 0) is 13.1 Å². The molecule has 1 saturated heterocycles. The number of pyridine rings is 1. The van der Waals surface area contributed by atoms with E-state index in [1.165, 1.54) is 0 Å². The molecular formula is C16H17ClN6O. The molecule has 7 nitrogen and oxygen atoms in total. The molecule has 0 radical (unpaired) electrons. The fourth-order valence-electron chi connectivity index (χ4n) is 3.04. The maximum absolute atomic E-state index is 12.4. The van der Waals surface area contributed by atoms with Gasteiger partial charge in [-0.3, -0.25) is 9.78 Å². The normalized spacial score (nSPS) is 17.0. The maximum atomic E-state index is 12.4. The molecule has 0 bridgehead atoms. The van der Waals surface area contributed by atoms with E-state index in [1.807, 2.05) is 6.07 Å². The van der Waals surface area contributed by atoms with E-state index in [-0.39, 0.29) is 5.91 Å². The molecule has 0 spiro atoms. The molecule has 1 fully saturated rings. The predicted octanol–water partition coefficient (Wildman–Crippen LogP) is 1.09. The van der Waals surface area contributed by atoms with E-state index in [4.69, 9.17) is 11.6 Å². The van der Waals surface area contributed by atoms with Crippen LogP contribution in [0.25, 0.3) is 0 Å². The molecule has 24 heavy (non-hydrogen) atoms. The van der Waals surface area contributed by atoms with Crippen LogP contribution in [0.4, 0.5) is 5.82 Å². The van der Waals surface area contributed by atoms with Crippen LogP contribution in [0, 0.1) is 0 Å². The minimum atomic E-state index is -0.0648. The number of carbonyl (C=O) groups excluding carboxylic acids is 1. The van der Waals surface area contributed by atoms with Crippen molar-refractivity contribution in [2.45, 2.75) is 13.1 Å². The second-order valence-electron chi connectivity index (χ2n) is 5.89. The third-order valence-electron chi connectivity index (χ3n) is 4.38. The fourth-order valence-corrected chi connectivity index (χ4v) is 3.26. The summed E-state index contributed by atoms with van der Waals surface area (Å²) in [6, 6.07) is 5.37. The van der Waals surface area contributed by atoms with E-state index >= 15 is 0 Å². The molecular weight excluding hydrogens is 328 g/mol. The molecule has 0 aliphatic carbocycles. The number of fused-ring (bicyclic) bond motifs is 1. The third-order valence-corrected chi connectivity index (χ3v) is 4.73. The smallest absolute Gasteiger partial charge is 0.274 e. The zero-order valence-corrected chi connectivity index (χ0v) is 13.8. The Morgan fingerprint density at radius 2 is 1.96 bits per heavy atom. The van der Waals surface area contributed by atoms with E-state index in [0.29, 0.717) is 31.9 Å². The maximum Gasteiger partial charge on any atom is 0.274 e. The summed E-state index contributed by atoms with van der Waals surface area (Å²) in [5.41, 5.74) is 2.38. The summed E-state index contributed by atoms with van der Waals surface area (Å²) in [5.74, 6) is 0.658. The SMILES string of the molecule is O=C(c1ccc(N2Cc3nccc(Cl)c3C2)nn1)N1CCNCC1. The number of carbonyl (C=O) groups is 1. The minimum Gasteiger partial charge on any atom is -0.345 e. The lowest BCUT2D eigenvalue weighted by Crippen LogP contribution is -2.46. The Morgan fingerprint density at radius 3 is 2.67 bits per heavy atom. The Morgan fingerprint density at radius 1 is 1.12 bits per heavy atom. The molecule has 1 amide bonds. The van der Waals surface area contributed by atoms with E-state index in [2.05, 4.69) is 25.4 Å². The zero-order valence-electron chi connectivity index (χ0n) is 13.1. The second kappa shape index (κ2) is 6.33. The molecule has 0 atom stereocenters. The Labute approximate surface area is 144 Å². The Kier molecular flexibility index (Phi) is 4.03. The van der Waals surface area contributed by atoms with Gasteiger partial charge in [0.05, 0.1) is 12.2 Å². The summed E-state index contributed by atoms with van der Waals surface area (Å²) >= 11 is 6.22. The van der Waals surface area contributed by atoms with Gasteiger partial charge < -0.3 is 15.1 Å². The molecule has 124 valence electrons. The van der Waals surface area contributed by atoms with Crippen LogP contribution < -0.4 is 10.2 Å². The van der Waals surface area contributed by atoms with Crippen LogP contribution >= 0.6 is 11.6 Å². The number of rotatable bonds is 2. The Hall–Kier alpha value is -2.25. The van der Waals surface area contributed by atoms with Gasteiger partial charge in [-0.25, -0.2) is 0 Å². The lowest BCUT2D eigenvalue weighted by molar-refractivity contribution is 0.0728. The summed E-state index contributed by atoms with van der Waals surface area (Å²) in [7, 11) is 0. The van der Waals surface area contributed by atoms with Gasteiger partial charge in [-0.15, -0.1) is 10.2 Å². The number of anilines is 1. The Balaban J connectivity index is 1.49. The van der Waals surface area contributed by atoms with Gasteiger partial charge in [0.2, 0.25) is 0 Å². The fraction of sp³-hybridized carbons (Fsp3) is 0.375. The average Bonchev–Trinajstić information content (AvgIpc) is 3.08. The molecule has 8 heteroatoms. The monoisotopic (exact) mass is 344 g/mol. The molecule has 0 saturated carbocycles. The molecule has 2 aliphatic rings. The molecule has 4 rings (SSSR count). The van der Waals surface area contributed by atoms with Crippen LogP contribution in [0.3, 0.4) is 0 Å². The Bertz CT molecular complexity index is 760. The lowest BCUT2D eigenvalue weighted by atomic mass is 10.2. The van der Waals surface area contributed by atoms with Crippen molar-refractivity contribution in [2.75, 3.05) is 31.1 Å². The van der Waals surface area contributed by atoms with Gasteiger partial charge in [0.1, 0.15) is 0 Å². The highest BCUT2D eigenvalue weighted by Gasteiger charge is 2.25. The molecule has 2 aliphatic heterocycles. The summed E-state index contributed by atoms with van der Waals surface area (Å²) in [6.07, 6.45) is 1.71. The summed E-state index contributed by atoms with van der Waals surface area (Å²) in [6.45, 7) is 4.34. The second-order valence-corrected chi connectivity index (χ2v) is 6.30. The van der Waals surface area contributed by atoms with Crippen molar-refractivity contribution >= 4 is 23.3 Å². The topological polar surface area (TPSA) is 74.2 Å². The average molecular weight is 345 g/mol. The van der Waals surface area contributed by atoms with Crippen molar-refractivity contribution in [2.24, 2.45) is 0 Å². The van der Waals surface area contributed by atoms with Gasteiger partial charge in [0.25, 0.3) is 5.91 Å². The van der Waals surface area contributed by atoms with Crippen molar-refractivity contribution < 1.29 is 4.79 Å². The number of amides is 1. The summed E-state index contributed by atoms with van der Waals surface area (Å²) in [4.78, 5) is 20.6. The predicted molar refractivity (Wildman–Crippen MR) is 89.9 cm³/mol. The van der Waals surface area contributed by atoms with Gasteiger partial charge in [-0.05, 0) is 18.2 Å². The molecule has 1 N–H and O–H groups in total. The molecule has 2 aromatic heterocycles. The van der Waals surface area contributed by atoms with Crippen LogP contribution in [0.1, 0.15) is 21.7 Å². The number of aromatic nitrogens is 3. The van der Waals surface area contributed by atoms with Crippen LogP contribution in [-0.4, -0.2) is 52.2 Å². The highest BCUT2D eigenvalue weighted by Crippen LogP contribution is 2.29. The first-order chi connectivity index (χ1) is 11.7. The van der Waals surface area contributed by atoms with Gasteiger partial charge in [0, 0.05) is 49.5 Å². The van der Waals surface area contributed by atoms with Crippen LogP contribution in [0.15, 0.2) is 24.4 Å². The van der Waals surface area contributed by atoms with Crippen molar-refractivity contribution in [3.8, 4) is 0 Å². The first-order valence-corrected chi connectivity index (χ1v) is 8.31. The van der Waals surface area contributed by atoms with Crippen molar-refractivity contribution in [3.63, 3.8) is 0 Å². The highest BCUT2D eigenvalue weighted by atomic mass is 35.5. The highest BCUT2D eigenvalue weighted by molar-refractivity contribution is 6.31. The standard InChI is InChI=1S/C16H17ClN6O/c17-12-3-4-19-14-10-23(9-11(12)14)15-2-1-13(20-21-15)16(24)22-7-5-18-6-8-22/h1-4,18H,5-10H2. The van der Waals surface area contributed by atoms with Crippen molar-refractivity contribution in [3.05, 3.63) is 46.4 Å². The zero-order chi connectivity index (χ0) is 16.5. The number of piperazine rings is 1. The number of nitrogens with one attached hydrogen (secondary N) is 1. The largest absolute Gasteiger partial charge is 0.345 e. The third kappa shape index (κ3) is 2.81. The number of nitrogens with zero attached hydrogens (tertiary/aromatic N) is 5. The van der Waals surface area contributed by atoms with Crippen LogP contribution in [0.5, 0.6) is 0 Å². The van der Waals surface area contributed by atoms with E-state index < -0.39 is 0 Å². The van der Waals surface area contributed by atoms with Gasteiger partial charge >= 0.3 is 0 Å². The molecule has 2 aromatic rings. The van der Waals surface area contributed by atoms with Gasteiger partial charge in [-0.2, -0.15) is 0 Å². The summed E-state index contributed by atoms with van der Waals surface area (Å²) < 4.78 is 0. The van der Waals surface area contributed by atoms with E-state index in [1.54, 1.807) is 23.2 Å². The molecule has 0 unspecified atom stereocenters. The quantitative estimate of drug-likeness (QED) is 0.879. The summed E-state index contributed by atoms with van der Waals surface area (Å²) in [5, 5.41) is 12.3. The molecule has 4 heterocycles. The van der Waals surface area contributed by atoms with Gasteiger partial charge in [0.15, 0.2) is 11.5 Å². The van der Waals surface area contributed by atoms with E-state index in [9.17, 15) is 4.79 Å². The van der Waals surface area contributed by atoms with Crippen molar-refractivity contribution in [1.29, 1.82) is 0 Å². The van der Waals surface area contributed by atoms with Crippen LogP contribution in [0.2, 0.25) is 5.02 Å². The first kappa shape index (κ1) is 15.3. The minimum absolute atomic E-state index is 0.0648. The van der Waals surface area contributed by atoms with Gasteiger partial charge in [-0.1, -0.05) is 11.6 Å². The van der Waals surface area contributed by atoms with E-state index in [0.717, 1.165) is 35.2 Å². The van der Waals surface area contributed by atoms with Crippen molar-refractivity contribution in [1.82, 2.24) is 25.4 Å². The first-order valence-electron chi connectivity index (χ1n) is 7.93. The number of hydrogen-bond acceptors (Lipinski definition) is 6. The number of hydrogen-bond donors (Lipinski definition) is 1. The molecule has 0 aromatic carbocycles.